The number of nitrogen functional groups attached to an aromatic ring is 1. The van der Waals surface area contributed by atoms with Crippen molar-refractivity contribution >= 4 is 17.5 Å². The lowest BCUT2D eigenvalue weighted by Gasteiger charge is -2.29. The third-order valence-electron chi connectivity index (χ3n) is 5.71. The molecule has 0 spiro atoms. The standard InChI is InChI=1S/C23H18F4N6O2/c1-12-16(13-4-7-33-20(9-13)30-22(28)31-33)10-17-19(29-12)5-6-32(21(17)34)11-14-8-15(2-3-18(14)24)35-23(25,26)27/h2-4,7-10H,5-6,11H2,1H3,(H2,28,31). The van der Waals surface area contributed by atoms with Crippen molar-refractivity contribution in [1.29, 1.82) is 0 Å². The molecule has 0 saturated carbocycles. The molecular formula is C23H18F4N6O2. The van der Waals surface area contributed by atoms with Crippen LogP contribution in [0.5, 0.6) is 5.75 Å². The van der Waals surface area contributed by atoms with Crippen LogP contribution in [0.2, 0.25) is 0 Å². The summed E-state index contributed by atoms with van der Waals surface area (Å²) in [6, 6.07) is 8.01. The first kappa shape index (κ1) is 22.6. The van der Waals surface area contributed by atoms with Gasteiger partial charge in [-0.3, -0.25) is 9.78 Å². The molecule has 1 aliphatic rings. The minimum absolute atomic E-state index is 0.0845. The van der Waals surface area contributed by atoms with E-state index in [1.807, 2.05) is 6.92 Å². The lowest BCUT2D eigenvalue weighted by atomic mass is 9.97. The molecule has 0 unspecified atom stereocenters. The summed E-state index contributed by atoms with van der Waals surface area (Å²) in [6.07, 6.45) is -2.79. The highest BCUT2D eigenvalue weighted by Crippen LogP contribution is 2.30. The van der Waals surface area contributed by atoms with Crippen molar-refractivity contribution in [2.24, 2.45) is 0 Å². The minimum atomic E-state index is -4.91. The normalized spacial score (nSPS) is 13.9. The van der Waals surface area contributed by atoms with E-state index in [9.17, 15) is 22.4 Å². The van der Waals surface area contributed by atoms with Crippen LogP contribution in [0.4, 0.5) is 23.5 Å². The van der Waals surface area contributed by atoms with Gasteiger partial charge >= 0.3 is 6.36 Å². The van der Waals surface area contributed by atoms with E-state index in [1.165, 1.54) is 9.42 Å². The first-order chi connectivity index (χ1) is 16.6. The SMILES string of the molecule is Cc1nc2c(cc1-c1ccn3nc(N)nc3c1)C(=O)N(Cc1cc(OC(F)(F)F)ccc1F)CC2. The van der Waals surface area contributed by atoms with Gasteiger partial charge in [0.25, 0.3) is 5.91 Å². The molecule has 0 bridgehead atoms. The topological polar surface area (TPSA) is 98.6 Å². The highest BCUT2D eigenvalue weighted by Gasteiger charge is 2.32. The first-order valence-corrected chi connectivity index (χ1v) is 10.5. The van der Waals surface area contributed by atoms with Gasteiger partial charge in [0.2, 0.25) is 5.95 Å². The van der Waals surface area contributed by atoms with Crippen molar-refractivity contribution < 1.29 is 27.1 Å². The number of anilines is 1. The van der Waals surface area contributed by atoms with E-state index in [-0.39, 0.29) is 24.6 Å². The number of amides is 1. The third-order valence-corrected chi connectivity index (χ3v) is 5.71. The van der Waals surface area contributed by atoms with Gasteiger partial charge in [-0.05, 0) is 48.9 Å². The summed E-state index contributed by atoms with van der Waals surface area (Å²) in [5.74, 6) is -1.55. The minimum Gasteiger partial charge on any atom is -0.406 e. The number of hydrogen-bond donors (Lipinski definition) is 1. The fourth-order valence-electron chi connectivity index (χ4n) is 4.13. The second kappa shape index (κ2) is 8.22. The number of pyridine rings is 2. The van der Waals surface area contributed by atoms with E-state index in [0.29, 0.717) is 34.6 Å². The molecule has 12 heteroatoms. The second-order valence-electron chi connectivity index (χ2n) is 8.08. The van der Waals surface area contributed by atoms with Crippen molar-refractivity contribution in [3.63, 3.8) is 0 Å². The van der Waals surface area contributed by atoms with Gasteiger partial charge in [0.1, 0.15) is 11.6 Å². The third kappa shape index (κ3) is 4.46. The van der Waals surface area contributed by atoms with Gasteiger partial charge in [-0.1, -0.05) is 0 Å². The number of hydrogen-bond acceptors (Lipinski definition) is 6. The number of benzene rings is 1. The zero-order valence-corrected chi connectivity index (χ0v) is 18.3. The lowest BCUT2D eigenvalue weighted by molar-refractivity contribution is -0.274. The first-order valence-electron chi connectivity index (χ1n) is 10.5. The Balaban J connectivity index is 1.45. The van der Waals surface area contributed by atoms with Crippen LogP contribution < -0.4 is 10.5 Å². The average Bonchev–Trinajstić information content (AvgIpc) is 3.16. The highest BCUT2D eigenvalue weighted by molar-refractivity contribution is 5.97. The van der Waals surface area contributed by atoms with Crippen LogP contribution in [-0.2, 0) is 13.0 Å². The van der Waals surface area contributed by atoms with Gasteiger partial charge in [0.15, 0.2) is 5.65 Å². The van der Waals surface area contributed by atoms with Gasteiger partial charge in [-0.2, -0.15) is 4.98 Å². The highest BCUT2D eigenvalue weighted by atomic mass is 19.4. The van der Waals surface area contributed by atoms with Gasteiger partial charge in [0.05, 0.1) is 11.3 Å². The summed E-state index contributed by atoms with van der Waals surface area (Å²) >= 11 is 0. The number of halogens is 4. The number of carbonyl (C=O) groups excluding carboxylic acids is 1. The zero-order valence-electron chi connectivity index (χ0n) is 18.3. The van der Waals surface area contributed by atoms with Crippen molar-refractivity contribution in [3.05, 3.63) is 70.9 Å². The van der Waals surface area contributed by atoms with Crippen LogP contribution in [0.25, 0.3) is 16.8 Å². The van der Waals surface area contributed by atoms with Gasteiger partial charge in [0, 0.05) is 42.5 Å². The molecule has 1 aromatic carbocycles. The molecule has 180 valence electrons. The molecule has 35 heavy (non-hydrogen) atoms. The van der Waals surface area contributed by atoms with E-state index in [4.69, 9.17) is 5.73 Å². The monoisotopic (exact) mass is 486 g/mol. The smallest absolute Gasteiger partial charge is 0.406 e. The predicted octanol–water partition coefficient (Wildman–Crippen LogP) is 3.92. The number of carbonyl (C=O) groups is 1. The maximum Gasteiger partial charge on any atom is 0.573 e. The van der Waals surface area contributed by atoms with Crippen molar-refractivity contribution in [3.8, 4) is 16.9 Å². The Morgan fingerprint density at radius 2 is 1.91 bits per heavy atom. The van der Waals surface area contributed by atoms with E-state index < -0.39 is 23.8 Å². The summed E-state index contributed by atoms with van der Waals surface area (Å²) in [4.78, 5) is 23.4. The molecule has 2 N–H and O–H groups in total. The molecule has 0 fully saturated rings. The summed E-state index contributed by atoms with van der Waals surface area (Å²) in [5, 5.41) is 4.04. The molecule has 0 atom stereocenters. The number of ether oxygens (including phenoxy) is 1. The summed E-state index contributed by atoms with van der Waals surface area (Å²) in [7, 11) is 0. The maximum absolute atomic E-state index is 14.3. The number of fused-ring (bicyclic) bond motifs is 2. The molecule has 5 rings (SSSR count). The molecule has 4 aromatic rings. The summed E-state index contributed by atoms with van der Waals surface area (Å²) in [6.45, 7) is 1.86. The molecule has 1 amide bonds. The Hall–Kier alpha value is -4.22. The van der Waals surface area contributed by atoms with Gasteiger partial charge < -0.3 is 15.4 Å². The van der Waals surface area contributed by atoms with Crippen molar-refractivity contribution in [2.75, 3.05) is 12.3 Å². The van der Waals surface area contributed by atoms with Gasteiger partial charge in [-0.15, -0.1) is 18.3 Å². The molecule has 1 aliphatic heterocycles. The number of aromatic nitrogens is 4. The number of alkyl halides is 3. The summed E-state index contributed by atoms with van der Waals surface area (Å²) < 4.78 is 57.4. The summed E-state index contributed by atoms with van der Waals surface area (Å²) in [5.41, 5.74) is 9.22. The molecular weight excluding hydrogens is 468 g/mol. The Bertz CT molecular complexity index is 1470. The van der Waals surface area contributed by atoms with Crippen LogP contribution >= 0.6 is 0 Å². The van der Waals surface area contributed by atoms with Crippen LogP contribution in [0, 0.1) is 12.7 Å². The van der Waals surface area contributed by atoms with Crippen molar-refractivity contribution in [2.45, 2.75) is 26.3 Å². The Morgan fingerprint density at radius 3 is 2.69 bits per heavy atom. The number of aryl methyl sites for hydroxylation is 1. The molecule has 0 aliphatic carbocycles. The van der Waals surface area contributed by atoms with Crippen LogP contribution in [-0.4, -0.2) is 43.3 Å². The molecule has 0 saturated heterocycles. The predicted molar refractivity (Wildman–Crippen MR) is 117 cm³/mol. The molecule has 3 aromatic heterocycles. The maximum atomic E-state index is 14.3. The Morgan fingerprint density at radius 1 is 1.11 bits per heavy atom. The van der Waals surface area contributed by atoms with Crippen LogP contribution in [0.1, 0.15) is 27.3 Å². The van der Waals surface area contributed by atoms with Crippen LogP contribution in [0.3, 0.4) is 0 Å². The Kier molecular flexibility index (Phi) is 5.30. The largest absolute Gasteiger partial charge is 0.573 e. The van der Waals surface area contributed by atoms with Crippen LogP contribution in [0.15, 0.2) is 42.6 Å². The number of rotatable bonds is 4. The molecule has 8 nitrogen and oxygen atoms in total. The van der Waals surface area contributed by atoms with E-state index in [2.05, 4.69) is 19.8 Å². The second-order valence-corrected chi connectivity index (χ2v) is 8.08. The van der Waals surface area contributed by atoms with Crippen molar-refractivity contribution in [1.82, 2.24) is 24.5 Å². The zero-order chi connectivity index (χ0) is 24.9. The van der Waals surface area contributed by atoms with E-state index >= 15 is 0 Å². The Labute approximate surface area is 196 Å². The lowest BCUT2D eigenvalue weighted by Crippen LogP contribution is -2.38. The van der Waals surface area contributed by atoms with E-state index in [0.717, 1.165) is 23.8 Å². The van der Waals surface area contributed by atoms with Gasteiger partial charge in [-0.25, -0.2) is 8.91 Å². The fraction of sp³-hybridized carbons (Fsp3) is 0.217. The average molecular weight is 486 g/mol. The fourth-order valence-corrected chi connectivity index (χ4v) is 4.13. The molecule has 4 heterocycles. The number of nitrogens with zero attached hydrogens (tertiary/aromatic N) is 5. The number of nitrogens with two attached hydrogens (primary N) is 1. The quantitative estimate of drug-likeness (QED) is 0.439. The van der Waals surface area contributed by atoms with E-state index in [1.54, 1.807) is 24.4 Å². The molecule has 0 radical (unpaired) electrons.